The predicted octanol–water partition coefficient (Wildman–Crippen LogP) is 3.91. The molecule has 166 valence electrons. The average Bonchev–Trinajstić information content (AvgIpc) is 3.40. The number of carbonyl (C=O) groups excluding carboxylic acids is 2. The number of pyridine rings is 1. The van der Waals surface area contributed by atoms with E-state index in [9.17, 15) is 22.8 Å². The fourth-order valence-electron chi connectivity index (χ4n) is 4.16. The largest absolute Gasteiger partial charge is 0.416 e. The maximum absolute atomic E-state index is 13.1. The van der Waals surface area contributed by atoms with Crippen molar-refractivity contribution in [2.75, 3.05) is 11.9 Å². The number of halogens is 3. The van der Waals surface area contributed by atoms with E-state index in [0.717, 1.165) is 36.7 Å². The first-order valence-electron chi connectivity index (χ1n) is 10.1. The van der Waals surface area contributed by atoms with E-state index in [1.807, 2.05) is 28.8 Å². The van der Waals surface area contributed by atoms with Gasteiger partial charge in [0.1, 0.15) is 0 Å². The second-order valence-electron chi connectivity index (χ2n) is 7.74. The summed E-state index contributed by atoms with van der Waals surface area (Å²) in [5.41, 5.74) is -0.0153. The lowest BCUT2D eigenvalue weighted by Gasteiger charge is -2.28. The number of aromatic nitrogens is 3. The minimum Gasteiger partial charge on any atom is -0.332 e. The second-order valence-corrected chi connectivity index (χ2v) is 8.99. The van der Waals surface area contributed by atoms with E-state index in [0.29, 0.717) is 22.9 Å². The third-order valence-electron chi connectivity index (χ3n) is 5.70. The third kappa shape index (κ3) is 3.70. The number of nitrogens with zero attached hydrogens (tertiary/aromatic N) is 4. The Balaban J connectivity index is 1.33. The monoisotopic (exact) mass is 461 g/mol. The molecule has 0 spiro atoms. The smallest absolute Gasteiger partial charge is 0.332 e. The molecule has 1 N–H and O–H groups in total. The quantitative estimate of drug-likeness (QED) is 0.640. The molecule has 0 aliphatic carbocycles. The lowest BCUT2D eigenvalue weighted by atomic mass is 10.1. The van der Waals surface area contributed by atoms with Crippen molar-refractivity contribution in [1.82, 2.24) is 19.5 Å². The van der Waals surface area contributed by atoms with Gasteiger partial charge in [0.2, 0.25) is 11.8 Å². The predicted molar refractivity (Wildman–Crippen MR) is 111 cm³/mol. The first kappa shape index (κ1) is 20.8. The number of hydrogen-bond acceptors (Lipinski definition) is 5. The molecule has 32 heavy (non-hydrogen) atoms. The molecule has 1 saturated heterocycles. The highest BCUT2D eigenvalue weighted by Crippen LogP contribution is 2.41. The molecule has 1 fully saturated rings. The van der Waals surface area contributed by atoms with Gasteiger partial charge in [-0.25, -0.2) is 0 Å². The van der Waals surface area contributed by atoms with Gasteiger partial charge in [-0.3, -0.25) is 14.0 Å². The van der Waals surface area contributed by atoms with Crippen LogP contribution in [0.5, 0.6) is 0 Å². The Bertz CT molecular complexity index is 1210. The molecule has 2 atom stereocenters. The molecule has 0 bridgehead atoms. The van der Waals surface area contributed by atoms with E-state index < -0.39 is 22.9 Å². The van der Waals surface area contributed by atoms with Crippen LogP contribution in [0.3, 0.4) is 0 Å². The van der Waals surface area contributed by atoms with Crippen LogP contribution in [0.25, 0.3) is 5.65 Å². The summed E-state index contributed by atoms with van der Waals surface area (Å²) in [5, 5.41) is 10.2. The van der Waals surface area contributed by atoms with Gasteiger partial charge in [0, 0.05) is 24.1 Å². The number of hydrogen-bond donors (Lipinski definition) is 1. The molecular weight excluding hydrogens is 443 g/mol. The van der Waals surface area contributed by atoms with Gasteiger partial charge in [-0.05, 0) is 43.2 Å². The molecule has 2 amide bonds. The summed E-state index contributed by atoms with van der Waals surface area (Å²) in [5.74, 6) is 0.0132. The molecule has 2 aliphatic heterocycles. The fourth-order valence-corrected chi connectivity index (χ4v) is 5.24. The summed E-state index contributed by atoms with van der Waals surface area (Å²) < 4.78 is 40.7. The number of thioether (sulfide) groups is 1. The number of benzene rings is 1. The van der Waals surface area contributed by atoms with Crippen molar-refractivity contribution in [2.24, 2.45) is 0 Å². The van der Waals surface area contributed by atoms with E-state index in [4.69, 9.17) is 0 Å². The molecule has 2 unspecified atom stereocenters. The Labute approximate surface area is 185 Å². The molecule has 2 aromatic heterocycles. The van der Waals surface area contributed by atoms with Crippen LogP contribution in [0.1, 0.15) is 36.7 Å². The van der Waals surface area contributed by atoms with E-state index in [1.54, 1.807) is 4.90 Å². The highest BCUT2D eigenvalue weighted by atomic mass is 32.2. The number of anilines is 1. The summed E-state index contributed by atoms with van der Waals surface area (Å²) in [4.78, 5) is 27.9. The van der Waals surface area contributed by atoms with E-state index in [-0.39, 0.29) is 24.1 Å². The number of fused-ring (bicyclic) bond motifs is 2. The van der Waals surface area contributed by atoms with Gasteiger partial charge in [0.15, 0.2) is 11.5 Å². The Kier molecular flexibility index (Phi) is 5.07. The Morgan fingerprint density at radius 2 is 2.06 bits per heavy atom. The van der Waals surface area contributed by atoms with Gasteiger partial charge in [-0.2, -0.15) is 13.2 Å². The zero-order valence-corrected chi connectivity index (χ0v) is 17.5. The minimum atomic E-state index is -4.49. The summed E-state index contributed by atoms with van der Waals surface area (Å²) in [6, 6.07) is 8.56. The van der Waals surface area contributed by atoms with Gasteiger partial charge < -0.3 is 10.2 Å². The third-order valence-corrected chi connectivity index (χ3v) is 6.97. The Morgan fingerprint density at radius 3 is 2.88 bits per heavy atom. The van der Waals surface area contributed by atoms with Crippen molar-refractivity contribution in [1.29, 1.82) is 0 Å². The van der Waals surface area contributed by atoms with Crippen molar-refractivity contribution in [3.8, 4) is 0 Å². The molecule has 5 rings (SSSR count). The molecular formula is C21H18F3N5O2S. The lowest BCUT2D eigenvalue weighted by molar-refractivity contribution is -0.137. The van der Waals surface area contributed by atoms with Crippen LogP contribution >= 0.6 is 11.8 Å². The van der Waals surface area contributed by atoms with Crippen LogP contribution in [0.4, 0.5) is 18.9 Å². The second kappa shape index (κ2) is 7.80. The average molecular weight is 461 g/mol. The van der Waals surface area contributed by atoms with Crippen molar-refractivity contribution >= 4 is 34.9 Å². The van der Waals surface area contributed by atoms with Crippen LogP contribution in [0.2, 0.25) is 0 Å². The van der Waals surface area contributed by atoms with Crippen LogP contribution in [0.15, 0.2) is 47.5 Å². The number of alkyl halides is 3. The van der Waals surface area contributed by atoms with Gasteiger partial charge >= 0.3 is 6.18 Å². The number of amides is 2. The summed E-state index contributed by atoms with van der Waals surface area (Å²) >= 11 is 1.11. The van der Waals surface area contributed by atoms with Crippen LogP contribution in [-0.4, -0.2) is 43.1 Å². The van der Waals surface area contributed by atoms with Crippen molar-refractivity contribution in [2.45, 2.75) is 41.6 Å². The molecule has 2 aliphatic rings. The maximum atomic E-state index is 13.1. The molecule has 11 heteroatoms. The Hall–Kier alpha value is -3.08. The lowest BCUT2D eigenvalue weighted by Crippen LogP contribution is -2.37. The normalized spacial score (nSPS) is 21.0. The zero-order chi connectivity index (χ0) is 22.5. The van der Waals surface area contributed by atoms with Crippen molar-refractivity contribution in [3.63, 3.8) is 0 Å². The molecule has 7 nitrogen and oxygen atoms in total. The SMILES string of the molecule is O=C1Nc2cc(C(F)(F)F)ccc2SC1CC(=O)N1CCCC1c1nnc2ccccn12. The maximum Gasteiger partial charge on any atom is 0.416 e. The number of rotatable bonds is 3. The molecule has 0 radical (unpaired) electrons. The van der Waals surface area contributed by atoms with Crippen molar-refractivity contribution in [3.05, 3.63) is 54.0 Å². The fraction of sp³-hybridized carbons (Fsp3) is 0.333. The first-order valence-corrected chi connectivity index (χ1v) is 11.0. The van der Waals surface area contributed by atoms with Crippen LogP contribution in [-0.2, 0) is 15.8 Å². The summed E-state index contributed by atoms with van der Waals surface area (Å²) in [6.45, 7) is 0.551. The van der Waals surface area contributed by atoms with Crippen molar-refractivity contribution < 1.29 is 22.8 Å². The van der Waals surface area contributed by atoms with Gasteiger partial charge in [0.05, 0.1) is 22.5 Å². The minimum absolute atomic E-state index is 0.0514. The highest BCUT2D eigenvalue weighted by Gasteiger charge is 2.38. The molecule has 3 aromatic rings. The first-order chi connectivity index (χ1) is 15.3. The van der Waals surface area contributed by atoms with E-state index in [1.165, 1.54) is 6.07 Å². The molecule has 0 saturated carbocycles. The summed E-state index contributed by atoms with van der Waals surface area (Å²) in [7, 11) is 0. The van der Waals surface area contributed by atoms with Gasteiger partial charge in [-0.15, -0.1) is 22.0 Å². The van der Waals surface area contributed by atoms with E-state index in [2.05, 4.69) is 15.5 Å². The zero-order valence-electron chi connectivity index (χ0n) is 16.7. The van der Waals surface area contributed by atoms with E-state index >= 15 is 0 Å². The van der Waals surface area contributed by atoms with Gasteiger partial charge in [0.25, 0.3) is 0 Å². The van der Waals surface area contributed by atoms with Gasteiger partial charge in [-0.1, -0.05) is 6.07 Å². The van der Waals surface area contributed by atoms with Crippen LogP contribution in [0, 0.1) is 0 Å². The Morgan fingerprint density at radius 1 is 1.22 bits per heavy atom. The number of likely N-dealkylation sites (tertiary alicyclic amines) is 1. The highest BCUT2D eigenvalue weighted by molar-refractivity contribution is 8.01. The van der Waals surface area contributed by atoms with Crippen LogP contribution < -0.4 is 5.32 Å². The molecule has 4 heterocycles. The standard InChI is InChI=1S/C21H18F3N5O2S/c22-21(23,24)12-6-7-15-13(10-12)25-20(31)16(32-15)11-18(30)28-9-3-4-14(28)19-27-26-17-5-1-2-8-29(17)19/h1-2,5-8,10,14,16H,3-4,9,11H2,(H,25,31). The molecule has 1 aromatic carbocycles. The number of nitrogens with one attached hydrogen (secondary N) is 1. The number of carbonyl (C=O) groups is 2. The summed E-state index contributed by atoms with van der Waals surface area (Å²) in [6.07, 6.45) is -1.14. The topological polar surface area (TPSA) is 79.6 Å².